The third kappa shape index (κ3) is 4.65. The van der Waals surface area contributed by atoms with Gasteiger partial charge >= 0.3 is 0 Å². The van der Waals surface area contributed by atoms with Gasteiger partial charge in [0.1, 0.15) is 0 Å². The number of carbonyl (C=O) groups is 1. The smallest absolute Gasteiger partial charge is 0.243 e. The summed E-state index contributed by atoms with van der Waals surface area (Å²) in [6.07, 6.45) is 9.70. The first-order chi connectivity index (χ1) is 14.3. The van der Waals surface area contributed by atoms with Crippen LogP contribution < -0.4 is 5.32 Å². The normalized spacial score (nSPS) is 17.3. The minimum absolute atomic E-state index is 0.00109. The fourth-order valence-electron chi connectivity index (χ4n) is 4.07. The molecule has 3 aromatic rings. The number of nitrogens with zero attached hydrogens (tertiary/aromatic N) is 1. The fraction of sp³-hybridized carbons (Fsp3) is 0.280. The molecule has 1 amide bonds. The monoisotopic (exact) mass is 402 g/mol. The Labute approximate surface area is 176 Å². The zero-order valence-electron chi connectivity index (χ0n) is 16.5. The molecule has 29 heavy (non-hydrogen) atoms. The summed E-state index contributed by atoms with van der Waals surface area (Å²) in [7, 11) is 0. The molecule has 4 heteroatoms. The molecule has 1 aliphatic carbocycles. The first-order valence-electron chi connectivity index (χ1n) is 10.2. The number of aromatic nitrogens is 1. The number of nitrogens with one attached hydrogen (secondary N) is 1. The molecule has 148 valence electrons. The summed E-state index contributed by atoms with van der Waals surface area (Å²) in [5.74, 6) is 0.351. The van der Waals surface area contributed by atoms with E-state index in [2.05, 4.69) is 77.0 Å². The Morgan fingerprint density at radius 2 is 1.76 bits per heavy atom. The highest BCUT2D eigenvalue weighted by Crippen LogP contribution is 2.59. The molecule has 2 aromatic carbocycles. The summed E-state index contributed by atoms with van der Waals surface area (Å²) in [6.45, 7) is 0.710. The fourth-order valence-corrected chi connectivity index (χ4v) is 4.74. The largest absolute Gasteiger partial charge is 0.353 e. The zero-order chi connectivity index (χ0) is 19.9. The second-order valence-electron chi connectivity index (χ2n) is 7.55. The summed E-state index contributed by atoms with van der Waals surface area (Å²) >= 11 is 1.69. The minimum Gasteiger partial charge on any atom is -0.353 e. The first kappa shape index (κ1) is 19.6. The minimum atomic E-state index is -0.00694. The molecule has 0 spiro atoms. The van der Waals surface area contributed by atoms with Crippen molar-refractivity contribution in [3.63, 3.8) is 0 Å². The van der Waals surface area contributed by atoms with E-state index in [0.717, 1.165) is 25.7 Å². The molecule has 4 rings (SSSR count). The molecule has 0 aliphatic heterocycles. The highest BCUT2D eigenvalue weighted by Gasteiger charge is 2.54. The van der Waals surface area contributed by atoms with E-state index >= 15 is 0 Å². The number of unbranched alkanes of at least 4 members (excludes halogenated alkanes) is 1. The van der Waals surface area contributed by atoms with Crippen molar-refractivity contribution in [2.45, 2.75) is 31.1 Å². The lowest BCUT2D eigenvalue weighted by atomic mass is 9.85. The van der Waals surface area contributed by atoms with Gasteiger partial charge in [-0.3, -0.25) is 4.79 Å². The lowest BCUT2D eigenvalue weighted by molar-refractivity contribution is -0.116. The Bertz CT molecular complexity index is 896. The number of aryl methyl sites for hydroxylation is 1. The third-order valence-electron chi connectivity index (χ3n) is 5.67. The van der Waals surface area contributed by atoms with Crippen LogP contribution in [0.25, 0.3) is 0 Å². The van der Waals surface area contributed by atoms with Crippen molar-refractivity contribution in [2.24, 2.45) is 5.92 Å². The number of hydrogen-bond donors (Lipinski definition) is 1. The van der Waals surface area contributed by atoms with E-state index in [4.69, 9.17) is 0 Å². The Morgan fingerprint density at radius 3 is 2.38 bits per heavy atom. The van der Waals surface area contributed by atoms with Crippen LogP contribution in [0.4, 0.5) is 0 Å². The first-order valence-corrected chi connectivity index (χ1v) is 11.1. The van der Waals surface area contributed by atoms with Crippen LogP contribution in [0.1, 0.15) is 35.4 Å². The Morgan fingerprint density at radius 1 is 1.07 bits per heavy atom. The average molecular weight is 403 g/mol. The molecule has 3 nitrogen and oxygen atoms in total. The van der Waals surface area contributed by atoms with E-state index in [1.165, 1.54) is 16.1 Å². The van der Waals surface area contributed by atoms with Crippen LogP contribution in [-0.2, 0) is 16.6 Å². The maximum absolute atomic E-state index is 12.2. The van der Waals surface area contributed by atoms with Crippen molar-refractivity contribution < 1.29 is 4.79 Å². The highest BCUT2D eigenvalue weighted by molar-refractivity contribution is 7.09. The zero-order valence-corrected chi connectivity index (χ0v) is 17.3. The molecular weight excluding hydrogens is 376 g/mol. The second-order valence-corrected chi connectivity index (χ2v) is 8.53. The van der Waals surface area contributed by atoms with E-state index in [1.54, 1.807) is 17.4 Å². The van der Waals surface area contributed by atoms with Gasteiger partial charge in [0, 0.05) is 23.5 Å². The summed E-state index contributed by atoms with van der Waals surface area (Å²) in [4.78, 5) is 16.5. The van der Waals surface area contributed by atoms with Crippen LogP contribution in [0, 0.1) is 5.92 Å². The lowest BCUT2D eigenvalue weighted by Crippen LogP contribution is -2.22. The molecular formula is C25H26N2OS. The predicted octanol–water partition coefficient (Wildman–Crippen LogP) is 5.14. The molecule has 1 N–H and O–H groups in total. The van der Waals surface area contributed by atoms with Crippen LogP contribution in [0.2, 0.25) is 0 Å². The van der Waals surface area contributed by atoms with Crippen molar-refractivity contribution >= 4 is 17.2 Å². The maximum Gasteiger partial charge on any atom is 0.243 e. The van der Waals surface area contributed by atoms with Crippen molar-refractivity contribution in [1.82, 2.24) is 10.3 Å². The third-order valence-corrected chi connectivity index (χ3v) is 6.51. The second kappa shape index (κ2) is 9.19. The molecule has 0 radical (unpaired) electrons. The van der Waals surface area contributed by atoms with Gasteiger partial charge in [-0.2, -0.15) is 0 Å². The highest BCUT2D eigenvalue weighted by atomic mass is 32.1. The molecule has 0 unspecified atom stereocenters. The predicted molar refractivity (Wildman–Crippen MR) is 119 cm³/mol. The molecule has 1 atom stereocenters. The van der Waals surface area contributed by atoms with E-state index in [0.29, 0.717) is 12.5 Å². The molecule has 1 saturated carbocycles. The van der Waals surface area contributed by atoms with Gasteiger partial charge in [-0.1, -0.05) is 66.7 Å². The maximum atomic E-state index is 12.2. The molecule has 1 heterocycles. The van der Waals surface area contributed by atoms with Crippen LogP contribution in [-0.4, -0.2) is 17.4 Å². The van der Waals surface area contributed by atoms with Gasteiger partial charge in [-0.05, 0) is 48.8 Å². The van der Waals surface area contributed by atoms with Crippen molar-refractivity contribution in [3.05, 3.63) is 101 Å². The molecule has 0 bridgehead atoms. The Hall–Kier alpha value is -2.72. The van der Waals surface area contributed by atoms with Gasteiger partial charge in [0.25, 0.3) is 0 Å². The van der Waals surface area contributed by atoms with E-state index in [-0.39, 0.29) is 11.3 Å². The van der Waals surface area contributed by atoms with Crippen LogP contribution in [0.5, 0.6) is 0 Å². The Balaban J connectivity index is 1.31. The summed E-state index contributed by atoms with van der Waals surface area (Å²) in [5.41, 5.74) is 2.64. The summed E-state index contributed by atoms with van der Waals surface area (Å²) < 4.78 is 0. The van der Waals surface area contributed by atoms with E-state index in [1.807, 2.05) is 11.6 Å². The molecule has 1 aromatic heterocycles. The van der Waals surface area contributed by atoms with Crippen LogP contribution in [0.3, 0.4) is 0 Å². The van der Waals surface area contributed by atoms with Crippen molar-refractivity contribution in [3.8, 4) is 0 Å². The number of carbonyl (C=O) groups excluding carboxylic acids is 1. The molecule has 1 fully saturated rings. The quantitative estimate of drug-likeness (QED) is 0.397. The van der Waals surface area contributed by atoms with Gasteiger partial charge in [0.2, 0.25) is 5.91 Å². The topological polar surface area (TPSA) is 42.0 Å². The summed E-state index contributed by atoms with van der Waals surface area (Å²) in [6, 6.07) is 21.3. The lowest BCUT2D eigenvalue weighted by Gasteiger charge is -2.18. The van der Waals surface area contributed by atoms with Crippen LogP contribution in [0.15, 0.2) is 84.4 Å². The van der Waals surface area contributed by atoms with Gasteiger partial charge in [-0.25, -0.2) is 4.98 Å². The molecule has 1 aliphatic rings. The van der Waals surface area contributed by atoms with Gasteiger partial charge in [0.05, 0.1) is 5.01 Å². The van der Waals surface area contributed by atoms with Crippen molar-refractivity contribution in [2.75, 3.05) is 6.54 Å². The number of hydrogen-bond acceptors (Lipinski definition) is 3. The average Bonchev–Trinajstić information content (AvgIpc) is 3.28. The van der Waals surface area contributed by atoms with E-state index < -0.39 is 0 Å². The van der Waals surface area contributed by atoms with Crippen LogP contribution >= 0.6 is 11.3 Å². The van der Waals surface area contributed by atoms with Crippen molar-refractivity contribution in [1.29, 1.82) is 0 Å². The molecule has 0 saturated heterocycles. The number of amides is 1. The SMILES string of the molecule is O=C(C=C[C@@H]1CC1(c1ccccc1)c1ccccc1)NCCCCc1nccs1. The van der Waals surface area contributed by atoms with Gasteiger partial charge in [0.15, 0.2) is 0 Å². The number of allylic oxidation sites excluding steroid dienone is 1. The number of thiazole rings is 1. The Kier molecular flexibility index (Phi) is 6.20. The number of benzene rings is 2. The summed E-state index contributed by atoms with van der Waals surface area (Å²) in [5, 5.41) is 6.18. The standard InChI is InChI=1S/C25H26N2OS/c28-23(26-16-8-7-13-24-27-17-18-29-24)15-14-22-19-25(22,20-9-3-1-4-10-20)21-11-5-2-6-12-21/h1-6,9-12,14-15,17-18,22H,7-8,13,16,19H2,(H,26,28)/t22-/m1/s1. The van der Waals surface area contributed by atoms with Gasteiger partial charge < -0.3 is 5.32 Å². The van der Waals surface area contributed by atoms with E-state index in [9.17, 15) is 4.79 Å². The van der Waals surface area contributed by atoms with Gasteiger partial charge in [-0.15, -0.1) is 11.3 Å². The number of rotatable bonds is 9.